The molecular weight excluding hydrogens is 490 g/mol. The highest BCUT2D eigenvalue weighted by molar-refractivity contribution is 8.14. The lowest BCUT2D eigenvalue weighted by atomic mass is 10.1. The van der Waals surface area contributed by atoms with Gasteiger partial charge in [0.1, 0.15) is 17.6 Å². The second-order valence-electron chi connectivity index (χ2n) is 8.51. The molecule has 188 valence electrons. The van der Waals surface area contributed by atoms with Crippen LogP contribution in [0.5, 0.6) is 0 Å². The number of nitrogens with zero attached hydrogens (tertiary/aromatic N) is 3. The summed E-state index contributed by atoms with van der Waals surface area (Å²) in [5.74, 6) is 0.333. The number of para-hydroxylation sites is 1. The lowest BCUT2D eigenvalue weighted by Gasteiger charge is -2.30. The van der Waals surface area contributed by atoms with E-state index in [-0.39, 0.29) is 30.5 Å². The van der Waals surface area contributed by atoms with Crippen LogP contribution in [0.2, 0.25) is 0 Å². The Bertz CT molecular complexity index is 1350. The van der Waals surface area contributed by atoms with Gasteiger partial charge in [-0.1, -0.05) is 54.2 Å². The summed E-state index contributed by atoms with van der Waals surface area (Å²) in [6.07, 6.45) is 2.18. The number of carbonyl (C=O) groups excluding carboxylic acids is 3. The van der Waals surface area contributed by atoms with E-state index in [1.54, 1.807) is 23.3 Å². The zero-order valence-electron chi connectivity index (χ0n) is 19.9. The van der Waals surface area contributed by atoms with Crippen molar-refractivity contribution in [3.05, 3.63) is 89.9 Å². The molecule has 0 saturated heterocycles. The van der Waals surface area contributed by atoms with Gasteiger partial charge in [0, 0.05) is 12.1 Å². The molecule has 3 heterocycles. The largest absolute Gasteiger partial charge is 0.467 e. The zero-order valence-corrected chi connectivity index (χ0v) is 20.7. The zero-order chi connectivity index (χ0) is 25.6. The van der Waals surface area contributed by atoms with E-state index >= 15 is 0 Å². The van der Waals surface area contributed by atoms with Crippen LogP contribution in [-0.4, -0.2) is 52.0 Å². The van der Waals surface area contributed by atoms with E-state index in [2.05, 4.69) is 15.6 Å². The molecule has 9 nitrogen and oxygen atoms in total. The van der Waals surface area contributed by atoms with Gasteiger partial charge in [0.2, 0.25) is 11.8 Å². The van der Waals surface area contributed by atoms with Crippen LogP contribution in [-0.2, 0) is 27.3 Å². The lowest BCUT2D eigenvalue weighted by molar-refractivity contribution is -0.126. The first kappa shape index (κ1) is 24.5. The predicted octanol–water partition coefficient (Wildman–Crippen LogP) is 3.04. The summed E-state index contributed by atoms with van der Waals surface area (Å²) in [5, 5.41) is 6.16. The van der Waals surface area contributed by atoms with Gasteiger partial charge < -0.3 is 15.1 Å². The predicted molar refractivity (Wildman–Crippen MR) is 141 cm³/mol. The molecule has 2 aliphatic heterocycles. The number of amidine groups is 2. The molecule has 10 heteroatoms. The Labute approximate surface area is 218 Å². The molecule has 1 unspecified atom stereocenters. The van der Waals surface area contributed by atoms with Gasteiger partial charge in [-0.3, -0.25) is 19.3 Å². The number of amides is 3. The van der Waals surface area contributed by atoms with E-state index in [0.29, 0.717) is 35.4 Å². The van der Waals surface area contributed by atoms with E-state index in [1.165, 1.54) is 11.8 Å². The first-order valence-corrected chi connectivity index (χ1v) is 12.9. The molecule has 0 bridgehead atoms. The Balaban J connectivity index is 1.25. The van der Waals surface area contributed by atoms with Gasteiger partial charge in [-0.25, -0.2) is 4.99 Å². The summed E-state index contributed by atoms with van der Waals surface area (Å²) in [4.78, 5) is 48.8. The average molecular weight is 516 g/mol. The SMILES string of the molecule is O=C(CSC1=Nc2ccccc2C2=NC(=O)C(CC(=O)NCCc3ccccc3)N12)NCc1ccco1. The summed E-state index contributed by atoms with van der Waals surface area (Å²) in [7, 11) is 0. The minimum atomic E-state index is -0.822. The second-order valence-corrected chi connectivity index (χ2v) is 9.45. The first-order valence-electron chi connectivity index (χ1n) is 11.9. The van der Waals surface area contributed by atoms with Crippen LogP contribution < -0.4 is 10.6 Å². The Morgan fingerprint density at radius 1 is 0.946 bits per heavy atom. The summed E-state index contributed by atoms with van der Waals surface area (Å²) < 4.78 is 5.25. The molecular formula is C27H25N5O4S. The van der Waals surface area contributed by atoms with Gasteiger partial charge >= 0.3 is 0 Å². The Morgan fingerprint density at radius 2 is 1.76 bits per heavy atom. The molecule has 0 spiro atoms. The van der Waals surface area contributed by atoms with Crippen molar-refractivity contribution in [1.29, 1.82) is 0 Å². The number of benzene rings is 2. The molecule has 1 atom stereocenters. The van der Waals surface area contributed by atoms with Crippen molar-refractivity contribution >= 4 is 46.2 Å². The van der Waals surface area contributed by atoms with Gasteiger partial charge in [-0.05, 0) is 36.2 Å². The summed E-state index contributed by atoms with van der Waals surface area (Å²) in [6.45, 7) is 0.744. The fraction of sp³-hybridized carbons (Fsp3) is 0.222. The molecule has 0 saturated carbocycles. The van der Waals surface area contributed by atoms with Crippen LogP contribution in [0, 0.1) is 0 Å². The number of rotatable bonds is 9. The molecule has 3 amide bonds. The topological polar surface area (TPSA) is 116 Å². The summed E-state index contributed by atoms with van der Waals surface area (Å²) >= 11 is 1.20. The highest BCUT2D eigenvalue weighted by atomic mass is 32.2. The van der Waals surface area contributed by atoms with Crippen LogP contribution in [0.3, 0.4) is 0 Å². The average Bonchev–Trinajstić information content (AvgIpc) is 3.55. The maximum Gasteiger partial charge on any atom is 0.271 e. The fourth-order valence-electron chi connectivity index (χ4n) is 4.12. The third-order valence-electron chi connectivity index (χ3n) is 5.94. The van der Waals surface area contributed by atoms with Gasteiger partial charge in [0.05, 0.1) is 30.7 Å². The maximum atomic E-state index is 12.9. The molecule has 37 heavy (non-hydrogen) atoms. The van der Waals surface area contributed by atoms with Crippen molar-refractivity contribution < 1.29 is 18.8 Å². The standard InChI is InChI=1S/C27H25N5O4S/c33-23(28-13-12-18-7-2-1-3-8-18)15-22-26(35)31-25-20-10-4-5-11-21(20)30-27(32(22)25)37-17-24(34)29-16-19-9-6-14-36-19/h1-11,14,22H,12-13,15-17H2,(H,28,33)(H,29,34). The van der Waals surface area contributed by atoms with Gasteiger partial charge in [-0.15, -0.1) is 0 Å². The van der Waals surface area contributed by atoms with Crippen LogP contribution in [0.1, 0.15) is 23.3 Å². The van der Waals surface area contributed by atoms with E-state index in [9.17, 15) is 14.4 Å². The smallest absolute Gasteiger partial charge is 0.271 e. The molecule has 0 aliphatic carbocycles. The maximum absolute atomic E-state index is 12.9. The molecule has 1 aromatic heterocycles. The Kier molecular flexibility index (Phi) is 7.46. The molecule has 2 aliphatic rings. The third-order valence-corrected chi connectivity index (χ3v) is 6.89. The summed E-state index contributed by atoms with van der Waals surface area (Å²) in [6, 6.07) is 20.0. The van der Waals surface area contributed by atoms with Crippen LogP contribution in [0.4, 0.5) is 5.69 Å². The Morgan fingerprint density at radius 3 is 2.57 bits per heavy atom. The molecule has 5 rings (SSSR count). The molecule has 2 N–H and O–H groups in total. The number of hydrogen-bond donors (Lipinski definition) is 2. The van der Waals surface area contributed by atoms with Gasteiger partial charge in [0.15, 0.2) is 5.17 Å². The highest BCUT2D eigenvalue weighted by Gasteiger charge is 2.42. The molecule has 2 aromatic carbocycles. The summed E-state index contributed by atoms with van der Waals surface area (Å²) in [5.41, 5.74) is 2.50. The fourth-order valence-corrected chi connectivity index (χ4v) is 5.00. The number of fused-ring (bicyclic) bond motifs is 3. The van der Waals surface area contributed by atoms with Crippen LogP contribution >= 0.6 is 11.8 Å². The van der Waals surface area contributed by atoms with Crippen molar-refractivity contribution in [3.8, 4) is 0 Å². The second kappa shape index (κ2) is 11.3. The number of furan rings is 1. The van der Waals surface area contributed by atoms with Crippen molar-refractivity contribution in [3.63, 3.8) is 0 Å². The van der Waals surface area contributed by atoms with Crippen LogP contribution in [0.25, 0.3) is 0 Å². The molecule has 0 fully saturated rings. The number of aliphatic imine (C=N–C) groups is 2. The number of hydrogen-bond acceptors (Lipinski definition) is 7. The van der Waals surface area contributed by atoms with E-state index in [0.717, 1.165) is 11.1 Å². The van der Waals surface area contributed by atoms with Crippen molar-refractivity contribution in [2.45, 2.75) is 25.4 Å². The van der Waals surface area contributed by atoms with Gasteiger partial charge in [-0.2, -0.15) is 4.99 Å². The lowest BCUT2D eigenvalue weighted by Crippen LogP contribution is -2.46. The third kappa shape index (κ3) is 5.80. The molecule has 0 radical (unpaired) electrons. The highest BCUT2D eigenvalue weighted by Crippen LogP contribution is 2.34. The van der Waals surface area contributed by atoms with E-state index < -0.39 is 11.9 Å². The quantitative estimate of drug-likeness (QED) is 0.453. The van der Waals surface area contributed by atoms with Gasteiger partial charge in [0.25, 0.3) is 5.91 Å². The normalized spacial score (nSPS) is 15.9. The minimum absolute atomic E-state index is 0.0624. The van der Waals surface area contributed by atoms with Crippen molar-refractivity contribution in [2.24, 2.45) is 9.98 Å². The first-order chi connectivity index (χ1) is 18.1. The monoisotopic (exact) mass is 515 g/mol. The minimum Gasteiger partial charge on any atom is -0.467 e. The molecule has 3 aromatic rings. The number of nitrogens with one attached hydrogen (secondary N) is 2. The van der Waals surface area contributed by atoms with Crippen LogP contribution in [0.15, 0.2) is 87.4 Å². The number of thioether (sulfide) groups is 1. The van der Waals surface area contributed by atoms with Crippen molar-refractivity contribution in [1.82, 2.24) is 15.5 Å². The Hall–Kier alpha value is -4.18. The van der Waals surface area contributed by atoms with E-state index in [1.807, 2.05) is 54.6 Å². The van der Waals surface area contributed by atoms with E-state index in [4.69, 9.17) is 9.41 Å². The van der Waals surface area contributed by atoms with Crippen molar-refractivity contribution in [2.75, 3.05) is 12.3 Å². The number of carbonyl (C=O) groups is 3.